The van der Waals surface area contributed by atoms with Crippen LogP contribution in [0.5, 0.6) is 11.5 Å². The zero-order valence-corrected chi connectivity index (χ0v) is 44.0. The first-order chi connectivity index (χ1) is 34.2. The van der Waals surface area contributed by atoms with E-state index in [-0.39, 0.29) is 21.7 Å². The molecule has 10 aromatic rings. The van der Waals surface area contributed by atoms with E-state index in [1.807, 2.05) is 18.3 Å². The fraction of sp³-hybridized carbons (Fsp3) is 0.258. The summed E-state index contributed by atoms with van der Waals surface area (Å²) in [5.74, 6) is 2.34. The second kappa shape index (κ2) is 17.0. The standard InChI is InChI=1S/C66H66N4O2/c1-63(2,3)44-31-32-67-59(38-44)70-57-40-49(29-30-53(57)62-61(70)54-23-16-19-28-58(54)72-62)71-50-37-47(66(10,11)12)36-48(39-50)68-41-69(56-27-18-17-26-55(56)68)60-51(42-21-14-13-15-22-42)24-20-25-52(60)43-33-45(64(4,5)6)35-46(34-43)65(7,8)9/h13-40H,41H2,1-12H3. The molecule has 0 aliphatic carbocycles. The number of benzene rings is 7. The minimum Gasteiger partial charge on any atom is -0.457 e. The van der Waals surface area contributed by atoms with Crippen molar-refractivity contribution in [1.29, 1.82) is 0 Å². The van der Waals surface area contributed by atoms with Gasteiger partial charge in [-0.3, -0.25) is 4.57 Å². The largest absolute Gasteiger partial charge is 0.457 e. The number of hydrogen-bond acceptors (Lipinski definition) is 5. The molecule has 72 heavy (non-hydrogen) atoms. The fourth-order valence-electron chi connectivity index (χ4n) is 10.3. The first kappa shape index (κ1) is 46.8. The average Bonchev–Trinajstić information content (AvgIpc) is 4.02. The van der Waals surface area contributed by atoms with E-state index >= 15 is 0 Å². The number of nitrogens with zero attached hydrogens (tertiary/aromatic N) is 4. The number of fused-ring (bicyclic) bond motifs is 6. The Balaban J connectivity index is 1.05. The first-order valence-electron chi connectivity index (χ1n) is 25.5. The van der Waals surface area contributed by atoms with Crippen LogP contribution in [0, 0.1) is 0 Å². The summed E-state index contributed by atoms with van der Waals surface area (Å²) in [6.07, 6.45) is 1.92. The highest BCUT2D eigenvalue weighted by Gasteiger charge is 2.33. The van der Waals surface area contributed by atoms with Crippen LogP contribution in [-0.4, -0.2) is 16.2 Å². The van der Waals surface area contributed by atoms with Crippen LogP contribution >= 0.6 is 0 Å². The van der Waals surface area contributed by atoms with Gasteiger partial charge < -0.3 is 19.0 Å². The SMILES string of the molecule is CC(C)(C)c1cc(Oc2ccc3c4oc5ccccc5c4n(-c4cc(C(C)(C)C)ccn4)c3c2)cc(N2CN(c3c(-c4ccccc4)cccc3-c3cc(C(C)(C)C)cc(C(C)(C)C)c3)c3ccccc32)c1. The van der Waals surface area contributed by atoms with Gasteiger partial charge in [-0.2, -0.15) is 0 Å². The quantitative estimate of drug-likeness (QED) is 0.159. The molecule has 3 aromatic heterocycles. The molecule has 0 amide bonds. The lowest BCUT2D eigenvalue weighted by molar-refractivity contribution is 0.479. The Morgan fingerprint density at radius 1 is 0.472 bits per heavy atom. The molecule has 0 atom stereocenters. The van der Waals surface area contributed by atoms with Gasteiger partial charge in [0.15, 0.2) is 5.58 Å². The third-order valence-corrected chi connectivity index (χ3v) is 14.5. The monoisotopic (exact) mass is 947 g/mol. The van der Waals surface area contributed by atoms with Gasteiger partial charge in [0.2, 0.25) is 0 Å². The third-order valence-electron chi connectivity index (χ3n) is 14.5. The molecule has 11 rings (SSSR count). The zero-order chi connectivity index (χ0) is 50.5. The van der Waals surface area contributed by atoms with Crippen molar-refractivity contribution in [2.24, 2.45) is 0 Å². The van der Waals surface area contributed by atoms with Crippen molar-refractivity contribution in [3.05, 3.63) is 192 Å². The fourth-order valence-corrected chi connectivity index (χ4v) is 10.3. The highest BCUT2D eigenvalue weighted by atomic mass is 16.5. The number of hydrogen-bond donors (Lipinski definition) is 0. The van der Waals surface area contributed by atoms with Gasteiger partial charge in [-0.05, 0) is 116 Å². The van der Waals surface area contributed by atoms with E-state index in [0.717, 1.165) is 67.4 Å². The predicted molar refractivity (Wildman–Crippen MR) is 303 cm³/mol. The van der Waals surface area contributed by atoms with E-state index in [4.69, 9.17) is 14.1 Å². The second-order valence-corrected chi connectivity index (χ2v) is 23.9. The van der Waals surface area contributed by atoms with E-state index in [9.17, 15) is 0 Å². The number of ether oxygens (including phenoxy) is 1. The molecule has 0 fully saturated rings. The van der Waals surface area contributed by atoms with Gasteiger partial charge >= 0.3 is 0 Å². The molecule has 6 nitrogen and oxygen atoms in total. The highest BCUT2D eigenvalue weighted by molar-refractivity contribution is 6.16. The number of furan rings is 1. The Bertz CT molecular complexity index is 3670. The molecule has 0 saturated carbocycles. The van der Waals surface area contributed by atoms with Crippen molar-refractivity contribution in [1.82, 2.24) is 9.55 Å². The number of anilines is 4. The normalized spacial score (nSPS) is 13.4. The maximum absolute atomic E-state index is 7.08. The van der Waals surface area contributed by atoms with Crippen LogP contribution < -0.4 is 14.5 Å². The number of aromatic nitrogens is 2. The van der Waals surface area contributed by atoms with Crippen molar-refractivity contribution in [3.63, 3.8) is 0 Å². The molecule has 6 heteroatoms. The van der Waals surface area contributed by atoms with Gasteiger partial charge in [-0.1, -0.05) is 174 Å². The van der Waals surface area contributed by atoms with Gasteiger partial charge in [0.05, 0.1) is 22.6 Å². The highest BCUT2D eigenvalue weighted by Crippen LogP contribution is 2.52. The molecule has 1 aliphatic heterocycles. The zero-order valence-electron chi connectivity index (χ0n) is 44.0. The Kier molecular flexibility index (Phi) is 11.1. The summed E-state index contributed by atoms with van der Waals surface area (Å²) >= 11 is 0. The second-order valence-electron chi connectivity index (χ2n) is 23.9. The summed E-state index contributed by atoms with van der Waals surface area (Å²) in [6.45, 7) is 28.0. The van der Waals surface area contributed by atoms with Gasteiger partial charge in [0.1, 0.15) is 35.1 Å². The van der Waals surface area contributed by atoms with E-state index < -0.39 is 0 Å². The average molecular weight is 947 g/mol. The summed E-state index contributed by atoms with van der Waals surface area (Å²) in [4.78, 5) is 9.96. The van der Waals surface area contributed by atoms with Crippen LogP contribution in [0.4, 0.5) is 22.7 Å². The minimum absolute atomic E-state index is 0.0336. The molecule has 4 heterocycles. The summed E-state index contributed by atoms with van der Waals surface area (Å²) < 4.78 is 15.9. The molecule has 0 saturated heterocycles. The van der Waals surface area contributed by atoms with Gasteiger partial charge in [-0.15, -0.1) is 0 Å². The number of rotatable bonds is 7. The summed E-state index contributed by atoms with van der Waals surface area (Å²) in [7, 11) is 0. The van der Waals surface area contributed by atoms with Gasteiger partial charge in [0.25, 0.3) is 0 Å². The van der Waals surface area contributed by atoms with E-state index in [2.05, 4.69) is 249 Å². The van der Waals surface area contributed by atoms with E-state index in [1.54, 1.807) is 0 Å². The van der Waals surface area contributed by atoms with Crippen molar-refractivity contribution >= 4 is 55.7 Å². The van der Waals surface area contributed by atoms with Crippen molar-refractivity contribution < 1.29 is 9.15 Å². The minimum atomic E-state index is -0.170. The summed E-state index contributed by atoms with van der Waals surface area (Å²) in [5.41, 5.74) is 17.8. The summed E-state index contributed by atoms with van der Waals surface area (Å²) in [5, 5.41) is 2.05. The van der Waals surface area contributed by atoms with E-state index in [0.29, 0.717) is 6.67 Å². The lowest BCUT2D eigenvalue weighted by Crippen LogP contribution is -2.25. The number of pyridine rings is 1. The van der Waals surface area contributed by atoms with Crippen LogP contribution in [-0.2, 0) is 21.7 Å². The van der Waals surface area contributed by atoms with Crippen LogP contribution in [0.25, 0.3) is 61.0 Å². The Morgan fingerprint density at radius 2 is 1.08 bits per heavy atom. The van der Waals surface area contributed by atoms with Crippen LogP contribution in [0.2, 0.25) is 0 Å². The number of para-hydroxylation sites is 4. The molecule has 7 aromatic carbocycles. The molecule has 1 aliphatic rings. The van der Waals surface area contributed by atoms with Gasteiger partial charge in [0, 0.05) is 45.9 Å². The van der Waals surface area contributed by atoms with Crippen molar-refractivity contribution in [2.45, 2.75) is 105 Å². The van der Waals surface area contributed by atoms with Crippen LogP contribution in [0.1, 0.15) is 105 Å². The van der Waals surface area contributed by atoms with E-state index in [1.165, 1.54) is 50.2 Å². The molecule has 0 spiro atoms. The van der Waals surface area contributed by atoms with Crippen molar-refractivity contribution in [3.8, 4) is 39.6 Å². The molecular weight excluding hydrogens is 881 g/mol. The van der Waals surface area contributed by atoms with Crippen LogP contribution in [0.3, 0.4) is 0 Å². The molecule has 0 bridgehead atoms. The summed E-state index contributed by atoms with van der Waals surface area (Å²) in [6, 6.07) is 59.5. The Morgan fingerprint density at radius 3 is 1.76 bits per heavy atom. The lowest BCUT2D eigenvalue weighted by Gasteiger charge is -2.30. The molecule has 0 unspecified atom stereocenters. The molecule has 0 N–H and O–H groups in total. The predicted octanol–water partition coefficient (Wildman–Crippen LogP) is 18.5. The maximum Gasteiger partial charge on any atom is 0.161 e. The topological polar surface area (TPSA) is 46.7 Å². The first-order valence-corrected chi connectivity index (χ1v) is 25.5. The Labute approximate surface area is 425 Å². The lowest BCUT2D eigenvalue weighted by atomic mass is 9.78. The molecule has 0 radical (unpaired) electrons. The van der Waals surface area contributed by atoms with Gasteiger partial charge in [-0.25, -0.2) is 4.98 Å². The van der Waals surface area contributed by atoms with Crippen LogP contribution in [0.15, 0.2) is 174 Å². The third kappa shape index (κ3) is 8.40. The maximum atomic E-state index is 7.08. The molecule has 362 valence electrons. The Hall–Kier alpha value is -7.57. The smallest absolute Gasteiger partial charge is 0.161 e. The molecular formula is C66H66N4O2. The van der Waals surface area contributed by atoms with Crippen molar-refractivity contribution in [2.75, 3.05) is 16.5 Å².